The SMILES string of the molecule is CCCCCCCC/C=C\CCCCCC(=O)OC(COC(=O)CCCCCCCCC(C)CCCCCCCC)COP(=O)(O)OC1C(OC2OC(CO)C(O)C(O)C2O)C(O)C(O)C(OC(=O)CCCCCCCCC(C)CCCCCCCC)C1OC1OC(COC(=O)CCCCCCCCC(C)CCCCCCCC)C(O)C(O)C1O. The Bertz CT molecular complexity index is 2590. The van der Waals surface area contributed by atoms with Crippen molar-refractivity contribution >= 4 is 31.7 Å². The molecular formula is C94H175O25P. The fourth-order valence-corrected chi connectivity index (χ4v) is 17.4. The van der Waals surface area contributed by atoms with Gasteiger partial charge in [-0.3, -0.25) is 28.2 Å². The molecule has 21 unspecified atom stereocenters. The Morgan fingerprint density at radius 3 is 1.08 bits per heavy atom. The molecule has 25 nitrogen and oxygen atoms in total. The van der Waals surface area contributed by atoms with E-state index in [-0.39, 0.29) is 25.7 Å². The van der Waals surface area contributed by atoms with Gasteiger partial charge in [-0.2, -0.15) is 0 Å². The van der Waals surface area contributed by atoms with Crippen LogP contribution < -0.4 is 0 Å². The Morgan fingerprint density at radius 2 is 0.675 bits per heavy atom. The van der Waals surface area contributed by atoms with Gasteiger partial charge in [-0.1, -0.05) is 350 Å². The molecule has 2 aliphatic heterocycles. The first-order chi connectivity index (χ1) is 57.9. The van der Waals surface area contributed by atoms with Crippen molar-refractivity contribution in [2.45, 2.75) is 519 Å². The number of phosphoric ester groups is 1. The Morgan fingerprint density at radius 1 is 0.350 bits per heavy atom. The summed E-state index contributed by atoms with van der Waals surface area (Å²) >= 11 is 0. The minimum absolute atomic E-state index is 0.0145. The summed E-state index contributed by atoms with van der Waals surface area (Å²) in [5.41, 5.74) is 0. The lowest BCUT2D eigenvalue weighted by atomic mass is 9.84. The van der Waals surface area contributed by atoms with Crippen molar-refractivity contribution < 1.29 is 122 Å². The number of hydrogen-bond acceptors (Lipinski definition) is 24. The highest BCUT2D eigenvalue weighted by Crippen LogP contribution is 2.49. The maximum atomic E-state index is 14.9. The van der Waals surface area contributed by atoms with Gasteiger partial charge >= 0.3 is 31.7 Å². The number of phosphoric acid groups is 1. The van der Waals surface area contributed by atoms with Crippen LogP contribution in [0.15, 0.2) is 12.2 Å². The van der Waals surface area contributed by atoms with E-state index in [9.17, 15) is 74.6 Å². The van der Waals surface area contributed by atoms with Gasteiger partial charge in [0.2, 0.25) is 0 Å². The Hall–Kier alpha value is -2.79. The number of esters is 4. The van der Waals surface area contributed by atoms with Crippen LogP contribution in [-0.4, -0.2) is 205 Å². The van der Waals surface area contributed by atoms with E-state index in [4.69, 9.17) is 46.9 Å². The standard InChI is InChI=1S/C94H175O25P/c1-8-12-16-20-24-25-26-27-28-29-30-45-55-65-79(98)113-74(68-110-77(96)63-53-43-34-31-40-50-60-71(5)57-47-37-21-17-13-9-2)69-112-120(108,109)119-92-90(117-93-87(106)83(102)81(100)75(67-95)114-93)86(105)85(104)89(116-80(99)66-56-46-36-33-42-52-62-73(7)59-49-39-23-19-15-11-4)91(92)118-94-88(107)84(103)82(101)76(115-94)70-111-78(97)64-54-44-35-32-41-51-61-72(6)58-48-38-22-18-14-10-3/h27-28,71-76,81-95,100-107H,8-26,29-70H2,1-7H3,(H,108,109)/b28-27-. The maximum absolute atomic E-state index is 14.9. The van der Waals surface area contributed by atoms with Gasteiger partial charge in [-0.05, 0) is 69.1 Å². The molecule has 0 aromatic rings. The molecule has 0 bridgehead atoms. The van der Waals surface area contributed by atoms with Crippen LogP contribution >= 0.6 is 7.82 Å². The van der Waals surface area contributed by atoms with Crippen LogP contribution in [-0.2, 0) is 70.7 Å². The molecule has 3 rings (SSSR count). The first-order valence-corrected chi connectivity index (χ1v) is 50.1. The van der Waals surface area contributed by atoms with E-state index in [0.29, 0.717) is 56.3 Å². The van der Waals surface area contributed by atoms with E-state index in [1.165, 1.54) is 180 Å². The van der Waals surface area contributed by atoms with Gasteiger partial charge in [0.05, 0.1) is 13.2 Å². The van der Waals surface area contributed by atoms with Crippen molar-refractivity contribution in [3.8, 4) is 0 Å². The Kier molecular flexibility index (Phi) is 65.2. The van der Waals surface area contributed by atoms with Crippen molar-refractivity contribution in [3.05, 3.63) is 12.2 Å². The molecule has 26 heteroatoms. The van der Waals surface area contributed by atoms with Gasteiger partial charge in [-0.25, -0.2) is 4.57 Å². The smallest absolute Gasteiger partial charge is 0.463 e. The average Bonchev–Trinajstić information content (AvgIpc) is 0.753. The van der Waals surface area contributed by atoms with Crippen LogP contribution in [0.4, 0.5) is 0 Å². The average molecular weight is 1740 g/mol. The molecule has 21 atom stereocenters. The van der Waals surface area contributed by atoms with Gasteiger partial charge in [0.15, 0.2) is 24.8 Å². The Balaban J connectivity index is 1.93. The highest BCUT2D eigenvalue weighted by atomic mass is 31.2. The third-order valence-corrected chi connectivity index (χ3v) is 25.4. The van der Waals surface area contributed by atoms with Crippen LogP contribution in [0.25, 0.3) is 0 Å². The monoisotopic (exact) mass is 1740 g/mol. The molecule has 2 heterocycles. The first kappa shape index (κ1) is 111. The molecule has 0 radical (unpaired) electrons. The summed E-state index contributed by atoms with van der Waals surface area (Å²) in [5, 5.41) is 103. The fraction of sp³-hybridized carbons (Fsp3) is 0.936. The molecule has 120 heavy (non-hydrogen) atoms. The van der Waals surface area contributed by atoms with Gasteiger partial charge in [0.25, 0.3) is 0 Å². The molecule has 0 aromatic carbocycles. The van der Waals surface area contributed by atoms with Crippen LogP contribution in [0, 0.1) is 17.8 Å². The summed E-state index contributed by atoms with van der Waals surface area (Å²) in [6.07, 6.45) is 25.0. The number of unbranched alkanes of at least 4 members (excludes halogenated alkanes) is 39. The van der Waals surface area contributed by atoms with Crippen molar-refractivity contribution in [1.82, 2.24) is 0 Å². The normalized spacial score (nSPS) is 25.5. The molecule has 3 fully saturated rings. The molecule has 1 aliphatic carbocycles. The zero-order valence-electron chi connectivity index (χ0n) is 75.9. The second-order valence-electron chi connectivity index (χ2n) is 35.8. The molecule has 1 saturated carbocycles. The predicted molar refractivity (Wildman–Crippen MR) is 467 cm³/mol. The quantitative estimate of drug-likeness (QED) is 0.00889. The van der Waals surface area contributed by atoms with Crippen LogP contribution in [0.1, 0.15) is 414 Å². The van der Waals surface area contributed by atoms with E-state index < -0.39 is 162 Å². The zero-order valence-corrected chi connectivity index (χ0v) is 76.8. The zero-order chi connectivity index (χ0) is 88.0. The summed E-state index contributed by atoms with van der Waals surface area (Å²) in [4.78, 5) is 66.7. The molecule has 2 saturated heterocycles. The summed E-state index contributed by atoms with van der Waals surface area (Å²) in [6, 6.07) is 0. The van der Waals surface area contributed by atoms with Gasteiger partial charge in [-0.15, -0.1) is 0 Å². The lowest BCUT2D eigenvalue weighted by Crippen LogP contribution is -2.70. The third-order valence-electron chi connectivity index (χ3n) is 24.5. The number of carbonyl (C=O) groups is 4. The lowest BCUT2D eigenvalue weighted by Gasteiger charge is -2.50. The number of rotatable bonds is 77. The maximum Gasteiger partial charge on any atom is 0.472 e. The highest BCUT2D eigenvalue weighted by molar-refractivity contribution is 7.47. The van der Waals surface area contributed by atoms with Crippen LogP contribution in [0.5, 0.6) is 0 Å². The van der Waals surface area contributed by atoms with E-state index in [1.807, 2.05) is 0 Å². The number of ether oxygens (including phenoxy) is 8. The predicted octanol–water partition coefficient (Wildman–Crippen LogP) is 18.3. The molecule has 0 aromatic heterocycles. The van der Waals surface area contributed by atoms with E-state index in [2.05, 4.69) is 60.6 Å². The largest absolute Gasteiger partial charge is 0.472 e. The lowest BCUT2D eigenvalue weighted by molar-refractivity contribution is -0.360. The minimum Gasteiger partial charge on any atom is -0.463 e. The molecule has 0 spiro atoms. The first-order valence-electron chi connectivity index (χ1n) is 48.6. The third kappa shape index (κ3) is 50.7. The van der Waals surface area contributed by atoms with Gasteiger partial charge < -0.3 is 88.7 Å². The number of aliphatic hydroxyl groups excluding tert-OH is 9. The van der Waals surface area contributed by atoms with Crippen molar-refractivity contribution in [3.63, 3.8) is 0 Å². The van der Waals surface area contributed by atoms with Crippen molar-refractivity contribution in [2.75, 3.05) is 26.4 Å². The molecule has 706 valence electrons. The summed E-state index contributed by atoms with van der Waals surface area (Å²) in [6.45, 7) is 12.5. The summed E-state index contributed by atoms with van der Waals surface area (Å²) < 4.78 is 73.6. The van der Waals surface area contributed by atoms with Crippen LogP contribution in [0.2, 0.25) is 0 Å². The second kappa shape index (κ2) is 70.2. The topological polar surface area (TPSA) is 380 Å². The summed E-state index contributed by atoms with van der Waals surface area (Å²) in [5.74, 6) is -0.982. The fourth-order valence-electron chi connectivity index (χ4n) is 16.5. The van der Waals surface area contributed by atoms with E-state index in [0.717, 1.165) is 122 Å². The second-order valence-corrected chi connectivity index (χ2v) is 37.2. The molecule has 10 N–H and O–H groups in total. The number of aliphatic hydroxyl groups is 9. The van der Waals surface area contributed by atoms with E-state index in [1.54, 1.807) is 0 Å². The minimum atomic E-state index is -5.82. The van der Waals surface area contributed by atoms with Crippen LogP contribution in [0.3, 0.4) is 0 Å². The summed E-state index contributed by atoms with van der Waals surface area (Å²) in [7, 11) is -5.82. The van der Waals surface area contributed by atoms with Crippen molar-refractivity contribution in [1.29, 1.82) is 0 Å². The molecule has 0 amide bonds. The molecular weight excluding hydrogens is 1560 g/mol. The number of allylic oxidation sites excluding steroid dienone is 2. The van der Waals surface area contributed by atoms with E-state index >= 15 is 0 Å². The highest BCUT2D eigenvalue weighted by Gasteiger charge is 2.60. The number of hydrogen-bond donors (Lipinski definition) is 10. The molecule has 3 aliphatic rings. The van der Waals surface area contributed by atoms with Gasteiger partial charge in [0, 0.05) is 25.7 Å². The van der Waals surface area contributed by atoms with Gasteiger partial charge in [0.1, 0.15) is 92.6 Å². The van der Waals surface area contributed by atoms with Crippen molar-refractivity contribution in [2.24, 2.45) is 17.8 Å². The Labute approximate surface area is 724 Å². The number of carbonyl (C=O) groups excluding carboxylic acids is 4.